The molecule has 0 aromatic carbocycles. The number of Topliss-reactive ketones (excluding diaryl/α,β-unsaturated/α-hetero) is 1. The highest BCUT2D eigenvalue weighted by Gasteiger charge is 2.64. The number of rotatable bonds is 3. The average molecular weight is 416 g/mol. The molecule has 1 N–H and O–H groups in total. The van der Waals surface area contributed by atoms with Gasteiger partial charge in [-0.05, 0) is 85.9 Å². The summed E-state index contributed by atoms with van der Waals surface area (Å²) in [5, 5.41) is 4.16. The Kier molecular flexibility index (Phi) is 5.31. The second-order valence-electron chi connectivity index (χ2n) is 11.9. The van der Waals surface area contributed by atoms with Gasteiger partial charge in [0.25, 0.3) is 0 Å². The van der Waals surface area contributed by atoms with Crippen molar-refractivity contribution in [1.82, 2.24) is 5.32 Å². The van der Waals surface area contributed by atoms with Crippen molar-refractivity contribution in [3.8, 4) is 0 Å². The first kappa shape index (κ1) is 21.0. The topological polar surface area (TPSA) is 55.4 Å². The molecule has 0 aromatic heterocycles. The number of ketones is 1. The molecule has 5 aliphatic carbocycles. The quantitative estimate of drug-likeness (QED) is 0.666. The third-order valence-corrected chi connectivity index (χ3v) is 10.7. The summed E-state index contributed by atoms with van der Waals surface area (Å²) in [5.74, 6) is 3.09. The maximum Gasteiger partial charge on any atom is 0.309 e. The van der Waals surface area contributed by atoms with E-state index >= 15 is 0 Å². The van der Waals surface area contributed by atoms with Crippen LogP contribution in [0.3, 0.4) is 0 Å². The van der Waals surface area contributed by atoms with Gasteiger partial charge >= 0.3 is 5.97 Å². The molecule has 0 radical (unpaired) electrons. The van der Waals surface area contributed by atoms with Crippen LogP contribution in [0.1, 0.15) is 90.9 Å². The molecule has 168 valence electrons. The van der Waals surface area contributed by atoms with Crippen molar-refractivity contribution in [2.24, 2.45) is 40.4 Å². The number of hydrogen-bond acceptors (Lipinski definition) is 4. The Morgan fingerprint density at radius 3 is 2.53 bits per heavy atom. The predicted octanol–water partition coefficient (Wildman–Crippen LogP) is 4.90. The van der Waals surface area contributed by atoms with E-state index in [0.29, 0.717) is 41.5 Å². The fourth-order valence-corrected chi connectivity index (χ4v) is 9.31. The fourth-order valence-electron chi connectivity index (χ4n) is 9.31. The van der Waals surface area contributed by atoms with Gasteiger partial charge in [0.2, 0.25) is 0 Å². The van der Waals surface area contributed by atoms with Crippen LogP contribution < -0.4 is 5.32 Å². The summed E-state index contributed by atoms with van der Waals surface area (Å²) in [7, 11) is 1.56. The molecule has 30 heavy (non-hydrogen) atoms. The molecule has 0 saturated heterocycles. The molecule has 0 aromatic rings. The molecule has 5 rings (SSSR count). The maximum absolute atomic E-state index is 12.7. The molecule has 5 aliphatic rings. The zero-order chi connectivity index (χ0) is 21.1. The Labute approximate surface area is 182 Å². The molecular weight excluding hydrogens is 374 g/mol. The number of hydrogen-bond donors (Lipinski definition) is 1. The van der Waals surface area contributed by atoms with Gasteiger partial charge in [-0.1, -0.05) is 26.7 Å². The minimum Gasteiger partial charge on any atom is -0.469 e. The number of carbonyl (C=O) groups excluding carboxylic acids is 2. The van der Waals surface area contributed by atoms with Crippen LogP contribution in [0.5, 0.6) is 0 Å². The highest BCUT2D eigenvalue weighted by molar-refractivity contribution is 5.79. The van der Waals surface area contributed by atoms with E-state index in [4.69, 9.17) is 4.74 Å². The number of ether oxygens (including phenoxy) is 1. The summed E-state index contributed by atoms with van der Waals surface area (Å²) in [6, 6.07) is 1.12. The van der Waals surface area contributed by atoms with E-state index < -0.39 is 0 Å². The Morgan fingerprint density at radius 2 is 1.80 bits per heavy atom. The lowest BCUT2D eigenvalue weighted by Crippen LogP contribution is -2.63. The first-order valence-electron chi connectivity index (χ1n) is 12.7. The van der Waals surface area contributed by atoms with Crippen LogP contribution in [0, 0.1) is 40.4 Å². The second-order valence-corrected chi connectivity index (χ2v) is 11.9. The van der Waals surface area contributed by atoms with Gasteiger partial charge in [-0.15, -0.1) is 0 Å². The molecule has 4 heteroatoms. The molecule has 5 saturated carbocycles. The smallest absolute Gasteiger partial charge is 0.309 e. The SMILES string of the molecule is COC(=O)C1CC[C@H]2[C@@H]3CCC4CC(=O)CC[C@]4(C)[C@@H]3C(NC3CCCC3)C[C@]12C. The van der Waals surface area contributed by atoms with Crippen LogP contribution in [0.25, 0.3) is 0 Å². The van der Waals surface area contributed by atoms with Crippen molar-refractivity contribution in [2.45, 2.75) is 103 Å². The van der Waals surface area contributed by atoms with Crippen LogP contribution in [0.15, 0.2) is 0 Å². The minimum absolute atomic E-state index is 0.0150. The number of nitrogens with one attached hydrogen (secondary N) is 1. The number of fused-ring (bicyclic) bond motifs is 5. The summed E-state index contributed by atoms with van der Waals surface area (Å²) >= 11 is 0. The van der Waals surface area contributed by atoms with Gasteiger partial charge in [0, 0.05) is 24.9 Å². The maximum atomic E-state index is 12.7. The van der Waals surface area contributed by atoms with Gasteiger partial charge in [-0.2, -0.15) is 0 Å². The van der Waals surface area contributed by atoms with Crippen LogP contribution in [0.4, 0.5) is 0 Å². The molecule has 0 bridgehead atoms. The van der Waals surface area contributed by atoms with E-state index in [1.807, 2.05) is 0 Å². The van der Waals surface area contributed by atoms with Crippen molar-refractivity contribution in [3.05, 3.63) is 0 Å². The molecule has 0 aliphatic heterocycles. The van der Waals surface area contributed by atoms with Gasteiger partial charge in [-0.3, -0.25) is 9.59 Å². The number of esters is 1. The molecule has 4 nitrogen and oxygen atoms in total. The van der Waals surface area contributed by atoms with Gasteiger partial charge in [0.15, 0.2) is 0 Å². The van der Waals surface area contributed by atoms with Crippen molar-refractivity contribution < 1.29 is 14.3 Å². The molecule has 3 unspecified atom stereocenters. The third-order valence-electron chi connectivity index (χ3n) is 10.7. The summed E-state index contributed by atoms with van der Waals surface area (Å²) in [6.07, 6.45) is 13.7. The van der Waals surface area contributed by atoms with Gasteiger partial charge in [0.05, 0.1) is 13.0 Å². The average Bonchev–Trinajstić information content (AvgIpc) is 3.34. The normalized spacial score (nSPS) is 48.7. The van der Waals surface area contributed by atoms with Crippen molar-refractivity contribution in [1.29, 1.82) is 0 Å². The van der Waals surface area contributed by atoms with Gasteiger partial charge in [0.1, 0.15) is 5.78 Å². The first-order valence-corrected chi connectivity index (χ1v) is 12.7. The van der Waals surface area contributed by atoms with Crippen molar-refractivity contribution in [3.63, 3.8) is 0 Å². The molecule has 0 heterocycles. The Bertz CT molecular complexity index is 700. The summed E-state index contributed by atoms with van der Waals surface area (Å²) in [4.78, 5) is 25.0. The Balaban J connectivity index is 1.50. The van der Waals surface area contributed by atoms with Crippen molar-refractivity contribution >= 4 is 11.8 Å². The fraction of sp³-hybridized carbons (Fsp3) is 0.923. The lowest BCUT2D eigenvalue weighted by Gasteiger charge is -2.63. The number of carbonyl (C=O) groups is 2. The predicted molar refractivity (Wildman–Crippen MR) is 117 cm³/mol. The molecule has 5 fully saturated rings. The van der Waals surface area contributed by atoms with E-state index in [1.54, 1.807) is 7.11 Å². The van der Waals surface area contributed by atoms with Crippen molar-refractivity contribution in [2.75, 3.05) is 7.11 Å². The zero-order valence-corrected chi connectivity index (χ0v) is 19.3. The molecule has 8 atom stereocenters. The van der Waals surface area contributed by atoms with Crippen LogP contribution in [-0.2, 0) is 14.3 Å². The Hall–Kier alpha value is -0.900. The third kappa shape index (κ3) is 3.11. The summed E-state index contributed by atoms with van der Waals surface area (Å²) in [5.41, 5.74) is 0.329. The van der Waals surface area contributed by atoms with Gasteiger partial charge < -0.3 is 10.1 Å². The van der Waals surface area contributed by atoms with E-state index in [1.165, 1.54) is 44.9 Å². The van der Waals surface area contributed by atoms with E-state index in [2.05, 4.69) is 19.2 Å². The van der Waals surface area contributed by atoms with E-state index in [-0.39, 0.29) is 22.7 Å². The minimum atomic E-state index is 0.0150. The standard InChI is InChI=1S/C26H41NO3/c1-25-13-12-18(28)14-16(25)8-9-19-20-10-11-21(24(29)30-3)26(20,2)15-22(23(19)25)27-17-6-4-5-7-17/h16-17,19-23,27H,4-15H2,1-3H3/t16?,19-,20-,21?,22?,23-,25-,26-/m0/s1. The molecular formula is C26H41NO3. The first-order chi connectivity index (χ1) is 14.4. The highest BCUT2D eigenvalue weighted by atomic mass is 16.5. The van der Waals surface area contributed by atoms with E-state index in [0.717, 1.165) is 32.1 Å². The lowest BCUT2D eigenvalue weighted by molar-refractivity contribution is -0.161. The van der Waals surface area contributed by atoms with Gasteiger partial charge in [-0.25, -0.2) is 0 Å². The van der Waals surface area contributed by atoms with E-state index in [9.17, 15) is 9.59 Å². The molecule has 0 spiro atoms. The lowest BCUT2D eigenvalue weighted by atomic mass is 9.43. The largest absolute Gasteiger partial charge is 0.469 e. The second kappa shape index (κ2) is 7.60. The highest BCUT2D eigenvalue weighted by Crippen LogP contribution is 2.67. The monoisotopic (exact) mass is 415 g/mol. The Morgan fingerprint density at radius 1 is 1.03 bits per heavy atom. The summed E-state index contributed by atoms with van der Waals surface area (Å²) < 4.78 is 5.27. The zero-order valence-electron chi connectivity index (χ0n) is 19.3. The number of methoxy groups -OCH3 is 1. The molecule has 0 amide bonds. The van der Waals surface area contributed by atoms with Crippen LogP contribution >= 0.6 is 0 Å². The van der Waals surface area contributed by atoms with Crippen LogP contribution in [0.2, 0.25) is 0 Å². The summed E-state index contributed by atoms with van der Waals surface area (Å²) in [6.45, 7) is 4.93. The van der Waals surface area contributed by atoms with Crippen LogP contribution in [-0.4, -0.2) is 30.9 Å².